The Morgan fingerprint density at radius 3 is 2.59 bits per heavy atom. The van der Waals surface area contributed by atoms with Crippen molar-refractivity contribution in [3.63, 3.8) is 0 Å². The molecular formula is C14H18O3. The van der Waals surface area contributed by atoms with Crippen molar-refractivity contribution in [1.29, 1.82) is 0 Å². The van der Waals surface area contributed by atoms with Gasteiger partial charge in [0.2, 0.25) is 0 Å². The molecule has 0 saturated heterocycles. The Labute approximate surface area is 101 Å². The summed E-state index contributed by atoms with van der Waals surface area (Å²) in [5.74, 6) is -0.467. The van der Waals surface area contributed by atoms with E-state index >= 15 is 0 Å². The quantitative estimate of drug-likeness (QED) is 0.790. The zero-order valence-corrected chi connectivity index (χ0v) is 10.0. The van der Waals surface area contributed by atoms with Crippen LogP contribution in [0.2, 0.25) is 0 Å². The molecule has 2 atom stereocenters. The number of hydrogen-bond acceptors (Lipinski definition) is 3. The van der Waals surface area contributed by atoms with Crippen LogP contribution in [0.25, 0.3) is 0 Å². The van der Waals surface area contributed by atoms with E-state index in [1.54, 1.807) is 0 Å². The summed E-state index contributed by atoms with van der Waals surface area (Å²) in [5.41, 5.74) is 1.06. The van der Waals surface area contributed by atoms with Gasteiger partial charge in [0.1, 0.15) is 0 Å². The number of aliphatic hydroxyl groups excluding tert-OH is 1. The Kier molecular flexibility index (Phi) is 3.79. The van der Waals surface area contributed by atoms with Crippen LogP contribution < -0.4 is 0 Å². The van der Waals surface area contributed by atoms with Gasteiger partial charge in [-0.3, -0.25) is 4.79 Å². The number of rotatable bonds is 5. The molecule has 1 fully saturated rings. The number of hydrogen-bond donors (Lipinski definition) is 1. The summed E-state index contributed by atoms with van der Waals surface area (Å²) in [6.45, 7) is 0. The maximum atomic E-state index is 11.7. The van der Waals surface area contributed by atoms with Crippen LogP contribution in [0.5, 0.6) is 0 Å². The molecule has 1 saturated carbocycles. The van der Waals surface area contributed by atoms with Crippen molar-refractivity contribution < 1.29 is 14.6 Å². The fraction of sp³-hybridized carbons (Fsp3) is 0.500. The maximum absolute atomic E-state index is 11.7. The molecule has 1 aliphatic rings. The van der Waals surface area contributed by atoms with Gasteiger partial charge in [-0.15, -0.1) is 0 Å². The third-order valence-corrected chi connectivity index (χ3v) is 3.32. The summed E-state index contributed by atoms with van der Waals surface area (Å²) in [7, 11) is 1.37. The Balaban J connectivity index is 2.07. The van der Waals surface area contributed by atoms with Gasteiger partial charge in [-0.1, -0.05) is 30.3 Å². The fourth-order valence-electron chi connectivity index (χ4n) is 2.13. The van der Waals surface area contributed by atoms with E-state index in [0.717, 1.165) is 18.4 Å². The highest BCUT2D eigenvalue weighted by molar-refractivity contribution is 5.73. The van der Waals surface area contributed by atoms with Crippen LogP contribution >= 0.6 is 0 Å². The molecule has 92 valence electrons. The normalized spacial score (nSPS) is 18.5. The van der Waals surface area contributed by atoms with Crippen LogP contribution in [0.3, 0.4) is 0 Å². The first-order valence-corrected chi connectivity index (χ1v) is 6.02. The molecule has 0 spiro atoms. The van der Waals surface area contributed by atoms with Crippen molar-refractivity contribution in [1.82, 2.24) is 0 Å². The van der Waals surface area contributed by atoms with Gasteiger partial charge >= 0.3 is 5.97 Å². The van der Waals surface area contributed by atoms with Crippen LogP contribution in [0.4, 0.5) is 0 Å². The fourth-order valence-corrected chi connectivity index (χ4v) is 2.13. The van der Waals surface area contributed by atoms with Crippen LogP contribution in [-0.2, 0) is 16.0 Å². The summed E-state index contributed by atoms with van der Waals surface area (Å²) >= 11 is 0. The number of benzene rings is 1. The van der Waals surface area contributed by atoms with Gasteiger partial charge in [-0.2, -0.15) is 0 Å². The standard InChI is InChI=1S/C14H18O3/c1-17-14(16)12(13(15)11-7-8-11)9-10-5-3-2-4-6-10/h2-6,11-13,15H,7-9H2,1H3/t12-,13-/m1/s1. The summed E-state index contributed by atoms with van der Waals surface area (Å²) in [6, 6.07) is 9.75. The average molecular weight is 234 g/mol. The molecule has 0 radical (unpaired) electrons. The maximum Gasteiger partial charge on any atom is 0.311 e. The van der Waals surface area contributed by atoms with Crippen LogP contribution in [0.15, 0.2) is 30.3 Å². The van der Waals surface area contributed by atoms with Crippen molar-refractivity contribution in [3.05, 3.63) is 35.9 Å². The van der Waals surface area contributed by atoms with Crippen molar-refractivity contribution in [2.75, 3.05) is 7.11 Å². The van der Waals surface area contributed by atoms with Gasteiger partial charge in [-0.05, 0) is 30.7 Å². The molecule has 3 nitrogen and oxygen atoms in total. The van der Waals surface area contributed by atoms with E-state index in [1.807, 2.05) is 30.3 Å². The molecule has 1 aliphatic carbocycles. The summed E-state index contributed by atoms with van der Waals surface area (Å²) in [6.07, 6.45) is 2.01. The molecule has 0 bridgehead atoms. The lowest BCUT2D eigenvalue weighted by Gasteiger charge is -2.20. The second-order valence-electron chi connectivity index (χ2n) is 4.65. The third-order valence-electron chi connectivity index (χ3n) is 3.32. The summed E-state index contributed by atoms with van der Waals surface area (Å²) in [5, 5.41) is 10.1. The highest BCUT2D eigenvalue weighted by Gasteiger charge is 2.39. The lowest BCUT2D eigenvalue weighted by Crippen LogP contribution is -2.32. The zero-order valence-electron chi connectivity index (χ0n) is 10.0. The van der Waals surface area contributed by atoms with Gasteiger partial charge < -0.3 is 9.84 Å². The van der Waals surface area contributed by atoms with E-state index in [-0.39, 0.29) is 11.9 Å². The van der Waals surface area contributed by atoms with Gasteiger partial charge in [0.15, 0.2) is 0 Å². The van der Waals surface area contributed by atoms with E-state index in [9.17, 15) is 9.90 Å². The minimum Gasteiger partial charge on any atom is -0.469 e. The molecular weight excluding hydrogens is 216 g/mol. The van der Waals surface area contributed by atoms with E-state index in [4.69, 9.17) is 4.74 Å². The van der Waals surface area contributed by atoms with Gasteiger partial charge in [-0.25, -0.2) is 0 Å². The number of carbonyl (C=O) groups excluding carboxylic acids is 1. The highest BCUT2D eigenvalue weighted by Crippen LogP contribution is 2.37. The van der Waals surface area contributed by atoms with Gasteiger partial charge in [0, 0.05) is 0 Å². The SMILES string of the molecule is COC(=O)[C@H](Cc1ccccc1)[C@H](O)C1CC1. The molecule has 0 amide bonds. The molecule has 1 aromatic carbocycles. The smallest absolute Gasteiger partial charge is 0.311 e. The molecule has 2 rings (SSSR count). The predicted octanol–water partition coefficient (Wildman–Crippen LogP) is 1.79. The van der Waals surface area contributed by atoms with Gasteiger partial charge in [0.25, 0.3) is 0 Å². The molecule has 1 aromatic rings. The van der Waals surface area contributed by atoms with Crippen molar-refractivity contribution in [2.45, 2.75) is 25.4 Å². The number of aliphatic hydroxyl groups is 1. The Hall–Kier alpha value is -1.35. The molecule has 0 aliphatic heterocycles. The first kappa shape index (κ1) is 12.1. The van der Waals surface area contributed by atoms with E-state index in [0.29, 0.717) is 6.42 Å². The van der Waals surface area contributed by atoms with Crippen molar-refractivity contribution >= 4 is 5.97 Å². The third kappa shape index (κ3) is 3.07. The van der Waals surface area contributed by atoms with Crippen LogP contribution in [-0.4, -0.2) is 24.3 Å². The van der Waals surface area contributed by atoms with E-state index < -0.39 is 12.0 Å². The van der Waals surface area contributed by atoms with E-state index in [1.165, 1.54) is 7.11 Å². The second kappa shape index (κ2) is 5.32. The first-order valence-electron chi connectivity index (χ1n) is 6.02. The Morgan fingerprint density at radius 2 is 2.06 bits per heavy atom. The summed E-state index contributed by atoms with van der Waals surface area (Å²) in [4.78, 5) is 11.7. The molecule has 0 heterocycles. The topological polar surface area (TPSA) is 46.5 Å². The molecule has 1 N–H and O–H groups in total. The van der Waals surface area contributed by atoms with Gasteiger partial charge in [0.05, 0.1) is 19.1 Å². The predicted molar refractivity (Wildman–Crippen MR) is 64.4 cm³/mol. The average Bonchev–Trinajstić information content (AvgIpc) is 3.20. The summed E-state index contributed by atoms with van der Waals surface area (Å²) < 4.78 is 4.78. The lowest BCUT2D eigenvalue weighted by atomic mass is 9.91. The molecule has 0 unspecified atom stereocenters. The van der Waals surface area contributed by atoms with Crippen LogP contribution in [0, 0.1) is 11.8 Å². The van der Waals surface area contributed by atoms with E-state index in [2.05, 4.69) is 0 Å². The number of ether oxygens (including phenoxy) is 1. The minimum atomic E-state index is -0.567. The highest BCUT2D eigenvalue weighted by atomic mass is 16.5. The minimum absolute atomic E-state index is 0.280. The van der Waals surface area contributed by atoms with Crippen LogP contribution in [0.1, 0.15) is 18.4 Å². The Morgan fingerprint density at radius 1 is 1.41 bits per heavy atom. The molecule has 0 aromatic heterocycles. The van der Waals surface area contributed by atoms with Crippen molar-refractivity contribution in [3.8, 4) is 0 Å². The monoisotopic (exact) mass is 234 g/mol. The molecule has 3 heteroatoms. The molecule has 17 heavy (non-hydrogen) atoms. The first-order chi connectivity index (χ1) is 8.22. The number of esters is 1. The van der Waals surface area contributed by atoms with Crippen molar-refractivity contribution in [2.24, 2.45) is 11.8 Å². The Bertz CT molecular complexity index is 370. The number of methoxy groups -OCH3 is 1. The second-order valence-corrected chi connectivity index (χ2v) is 4.65. The lowest BCUT2D eigenvalue weighted by molar-refractivity contribution is -0.150. The number of carbonyl (C=O) groups is 1. The largest absolute Gasteiger partial charge is 0.469 e. The zero-order chi connectivity index (χ0) is 12.3.